The van der Waals surface area contributed by atoms with Gasteiger partial charge in [0.2, 0.25) is 0 Å². The minimum absolute atomic E-state index is 0.121. The first-order valence-electron chi connectivity index (χ1n) is 6.82. The van der Waals surface area contributed by atoms with Crippen LogP contribution in [0.2, 0.25) is 0 Å². The van der Waals surface area contributed by atoms with Crippen LogP contribution in [0.5, 0.6) is 5.75 Å². The van der Waals surface area contributed by atoms with Gasteiger partial charge in [0.25, 0.3) is 0 Å². The van der Waals surface area contributed by atoms with Gasteiger partial charge in [0.1, 0.15) is 5.75 Å². The second-order valence-electron chi connectivity index (χ2n) is 4.69. The quantitative estimate of drug-likeness (QED) is 0.871. The van der Waals surface area contributed by atoms with Gasteiger partial charge in [-0.1, -0.05) is 40.2 Å². The Bertz CT molecular complexity index is 583. The Morgan fingerprint density at radius 3 is 2.60 bits per heavy atom. The van der Waals surface area contributed by atoms with Gasteiger partial charge < -0.3 is 10.1 Å². The lowest BCUT2D eigenvalue weighted by Gasteiger charge is -2.22. The zero-order valence-electron chi connectivity index (χ0n) is 12.1. The number of hydrogen-bond donors (Lipinski definition) is 1. The SMILES string of the molecule is CCOc1ccccc1C(NC)c1cc(Br)ccc1C. The van der Waals surface area contributed by atoms with Crippen LogP contribution >= 0.6 is 15.9 Å². The monoisotopic (exact) mass is 333 g/mol. The highest BCUT2D eigenvalue weighted by molar-refractivity contribution is 9.10. The van der Waals surface area contributed by atoms with E-state index in [0.717, 1.165) is 15.8 Å². The van der Waals surface area contributed by atoms with Crippen LogP contribution < -0.4 is 10.1 Å². The molecule has 2 aromatic rings. The molecular formula is C17H20BrNO. The summed E-state index contributed by atoms with van der Waals surface area (Å²) in [5.41, 5.74) is 3.69. The molecule has 1 unspecified atom stereocenters. The summed E-state index contributed by atoms with van der Waals surface area (Å²) in [6, 6.07) is 14.7. The van der Waals surface area contributed by atoms with Crippen molar-refractivity contribution in [3.8, 4) is 5.75 Å². The van der Waals surface area contributed by atoms with Crippen LogP contribution in [-0.4, -0.2) is 13.7 Å². The lowest BCUT2D eigenvalue weighted by molar-refractivity contribution is 0.334. The highest BCUT2D eigenvalue weighted by atomic mass is 79.9. The molecular weight excluding hydrogens is 314 g/mol. The van der Waals surface area contributed by atoms with Crippen LogP contribution in [0.15, 0.2) is 46.9 Å². The average Bonchev–Trinajstić information content (AvgIpc) is 2.45. The van der Waals surface area contributed by atoms with E-state index in [1.807, 2.05) is 26.1 Å². The van der Waals surface area contributed by atoms with Crippen molar-refractivity contribution >= 4 is 15.9 Å². The number of nitrogens with one attached hydrogen (secondary N) is 1. The maximum atomic E-state index is 5.76. The molecule has 20 heavy (non-hydrogen) atoms. The molecule has 0 fully saturated rings. The van der Waals surface area contributed by atoms with E-state index in [-0.39, 0.29) is 6.04 Å². The van der Waals surface area contributed by atoms with E-state index in [9.17, 15) is 0 Å². The van der Waals surface area contributed by atoms with Crippen molar-refractivity contribution in [3.63, 3.8) is 0 Å². The summed E-state index contributed by atoms with van der Waals surface area (Å²) < 4.78 is 6.85. The van der Waals surface area contributed by atoms with Crippen LogP contribution in [0, 0.1) is 6.92 Å². The van der Waals surface area contributed by atoms with Crippen molar-refractivity contribution in [2.75, 3.05) is 13.7 Å². The third-order valence-corrected chi connectivity index (χ3v) is 3.86. The van der Waals surface area contributed by atoms with Gasteiger partial charge in [-0.05, 0) is 50.2 Å². The molecule has 0 aromatic heterocycles. The largest absolute Gasteiger partial charge is 0.494 e. The van der Waals surface area contributed by atoms with Gasteiger partial charge in [0.15, 0.2) is 0 Å². The van der Waals surface area contributed by atoms with E-state index in [4.69, 9.17) is 4.74 Å². The lowest BCUT2D eigenvalue weighted by atomic mass is 9.94. The van der Waals surface area contributed by atoms with E-state index in [2.05, 4.69) is 58.5 Å². The van der Waals surface area contributed by atoms with Crippen molar-refractivity contribution in [1.29, 1.82) is 0 Å². The number of aryl methyl sites for hydroxylation is 1. The predicted molar refractivity (Wildman–Crippen MR) is 87.4 cm³/mol. The summed E-state index contributed by atoms with van der Waals surface area (Å²) in [5, 5.41) is 3.40. The average molecular weight is 334 g/mol. The summed E-state index contributed by atoms with van der Waals surface area (Å²) in [6.07, 6.45) is 0. The third-order valence-electron chi connectivity index (χ3n) is 3.37. The van der Waals surface area contributed by atoms with Crippen molar-refractivity contribution < 1.29 is 4.74 Å². The first-order valence-corrected chi connectivity index (χ1v) is 7.61. The Hall–Kier alpha value is -1.32. The molecule has 0 aliphatic carbocycles. The fourth-order valence-corrected chi connectivity index (χ4v) is 2.79. The van der Waals surface area contributed by atoms with Crippen LogP contribution in [0.3, 0.4) is 0 Å². The van der Waals surface area contributed by atoms with E-state index in [1.165, 1.54) is 11.1 Å². The Balaban J connectivity index is 2.49. The topological polar surface area (TPSA) is 21.3 Å². The minimum atomic E-state index is 0.121. The van der Waals surface area contributed by atoms with Gasteiger partial charge in [0, 0.05) is 10.0 Å². The molecule has 2 rings (SSSR count). The fourth-order valence-electron chi connectivity index (χ4n) is 2.41. The lowest BCUT2D eigenvalue weighted by Crippen LogP contribution is -2.19. The molecule has 0 radical (unpaired) electrons. The van der Waals surface area contributed by atoms with Gasteiger partial charge in [-0.2, -0.15) is 0 Å². The van der Waals surface area contributed by atoms with E-state index >= 15 is 0 Å². The van der Waals surface area contributed by atoms with Gasteiger partial charge in [-0.25, -0.2) is 0 Å². The maximum Gasteiger partial charge on any atom is 0.124 e. The molecule has 2 aromatic carbocycles. The molecule has 1 atom stereocenters. The summed E-state index contributed by atoms with van der Waals surface area (Å²) >= 11 is 3.56. The number of halogens is 1. The highest BCUT2D eigenvalue weighted by Crippen LogP contribution is 2.32. The minimum Gasteiger partial charge on any atom is -0.494 e. The molecule has 0 heterocycles. The van der Waals surface area contributed by atoms with Gasteiger partial charge in [0.05, 0.1) is 12.6 Å². The second kappa shape index (κ2) is 6.91. The highest BCUT2D eigenvalue weighted by Gasteiger charge is 2.18. The molecule has 0 bridgehead atoms. The fraction of sp³-hybridized carbons (Fsp3) is 0.294. The number of benzene rings is 2. The Kier molecular flexibility index (Phi) is 5.21. The molecule has 0 spiro atoms. The molecule has 1 N–H and O–H groups in total. The van der Waals surface area contributed by atoms with Gasteiger partial charge >= 0.3 is 0 Å². The first-order chi connectivity index (χ1) is 9.67. The number of rotatable bonds is 5. The van der Waals surface area contributed by atoms with Crippen molar-refractivity contribution in [3.05, 3.63) is 63.6 Å². The van der Waals surface area contributed by atoms with Crippen LogP contribution in [0.4, 0.5) is 0 Å². The Labute approximate surface area is 129 Å². The molecule has 106 valence electrons. The van der Waals surface area contributed by atoms with E-state index < -0.39 is 0 Å². The van der Waals surface area contributed by atoms with E-state index in [0.29, 0.717) is 6.61 Å². The zero-order chi connectivity index (χ0) is 14.5. The molecule has 3 heteroatoms. The second-order valence-corrected chi connectivity index (χ2v) is 5.61. The summed E-state index contributed by atoms with van der Waals surface area (Å²) in [4.78, 5) is 0. The maximum absolute atomic E-state index is 5.76. The zero-order valence-corrected chi connectivity index (χ0v) is 13.7. The van der Waals surface area contributed by atoms with Crippen LogP contribution in [0.25, 0.3) is 0 Å². The van der Waals surface area contributed by atoms with Gasteiger partial charge in [-0.15, -0.1) is 0 Å². The Morgan fingerprint density at radius 2 is 1.90 bits per heavy atom. The first kappa shape index (κ1) is 15.1. The summed E-state index contributed by atoms with van der Waals surface area (Å²) in [5.74, 6) is 0.939. The molecule has 0 amide bonds. The van der Waals surface area contributed by atoms with E-state index in [1.54, 1.807) is 0 Å². The molecule has 0 aliphatic rings. The van der Waals surface area contributed by atoms with Crippen molar-refractivity contribution in [1.82, 2.24) is 5.32 Å². The van der Waals surface area contributed by atoms with Crippen LogP contribution in [0.1, 0.15) is 29.7 Å². The number of ether oxygens (including phenoxy) is 1. The number of hydrogen-bond acceptors (Lipinski definition) is 2. The molecule has 0 aliphatic heterocycles. The summed E-state index contributed by atoms with van der Waals surface area (Å²) in [7, 11) is 1.98. The molecule has 0 saturated heterocycles. The normalized spacial score (nSPS) is 12.2. The van der Waals surface area contributed by atoms with Crippen LogP contribution in [-0.2, 0) is 0 Å². The molecule has 2 nitrogen and oxygen atoms in total. The van der Waals surface area contributed by atoms with Gasteiger partial charge in [-0.3, -0.25) is 0 Å². The summed E-state index contributed by atoms with van der Waals surface area (Å²) in [6.45, 7) is 4.82. The molecule has 0 saturated carbocycles. The Morgan fingerprint density at radius 1 is 1.15 bits per heavy atom. The standard InChI is InChI=1S/C17H20BrNO/c1-4-20-16-8-6-5-7-14(16)17(19-3)15-11-13(18)10-9-12(15)2/h5-11,17,19H,4H2,1-3H3. The predicted octanol–water partition coefficient (Wildman–Crippen LogP) is 4.47. The smallest absolute Gasteiger partial charge is 0.124 e. The van der Waals surface area contributed by atoms with Crippen molar-refractivity contribution in [2.45, 2.75) is 19.9 Å². The van der Waals surface area contributed by atoms with Crippen molar-refractivity contribution in [2.24, 2.45) is 0 Å². The third kappa shape index (κ3) is 3.22. The number of para-hydroxylation sites is 1.